The molecule has 2 aliphatic rings. The quantitative estimate of drug-likeness (QED) is 0.793. The molecule has 2 fully saturated rings. The van der Waals surface area contributed by atoms with Gasteiger partial charge in [-0.25, -0.2) is 8.42 Å². The molecule has 1 saturated carbocycles. The normalized spacial score (nSPS) is 19.7. The van der Waals surface area contributed by atoms with Crippen molar-refractivity contribution < 1.29 is 13.2 Å². The molecule has 0 atom stereocenters. The predicted octanol–water partition coefficient (Wildman–Crippen LogP) is 2.88. The van der Waals surface area contributed by atoms with E-state index in [1.165, 1.54) is 4.31 Å². The van der Waals surface area contributed by atoms with Crippen LogP contribution in [0.25, 0.3) is 0 Å². The third kappa shape index (κ3) is 3.74. The lowest BCUT2D eigenvalue weighted by Gasteiger charge is -2.24. The fraction of sp³-hybridized carbons (Fsp3) is 0.611. The first-order valence-electron chi connectivity index (χ1n) is 8.80. The number of hydrogen-bond donors (Lipinski definition) is 0. The molecule has 1 aliphatic heterocycles. The number of carbonyl (C=O) groups is 1. The molecule has 24 heavy (non-hydrogen) atoms. The second kappa shape index (κ2) is 6.75. The minimum Gasteiger partial charge on any atom is -0.336 e. The predicted molar refractivity (Wildman–Crippen MR) is 95.7 cm³/mol. The van der Waals surface area contributed by atoms with Gasteiger partial charge in [0, 0.05) is 24.7 Å². The van der Waals surface area contributed by atoms with Gasteiger partial charge >= 0.3 is 0 Å². The Morgan fingerprint density at radius 3 is 2.67 bits per heavy atom. The SMILES string of the molecule is CC(C)CCN(C(=O)c1cccc(N2CCCS2(=O)=O)c1)C1CC1. The van der Waals surface area contributed by atoms with Gasteiger partial charge in [-0.2, -0.15) is 0 Å². The number of sulfonamides is 1. The number of carbonyl (C=O) groups excluding carboxylic acids is 1. The molecule has 1 heterocycles. The van der Waals surface area contributed by atoms with Crippen LogP contribution in [0.4, 0.5) is 5.69 Å². The first-order valence-corrected chi connectivity index (χ1v) is 10.4. The molecule has 0 bridgehead atoms. The third-order valence-electron chi connectivity index (χ3n) is 4.68. The van der Waals surface area contributed by atoms with Crippen molar-refractivity contribution in [2.75, 3.05) is 23.1 Å². The summed E-state index contributed by atoms with van der Waals surface area (Å²) in [4.78, 5) is 14.9. The van der Waals surface area contributed by atoms with Gasteiger partial charge in [-0.05, 0) is 49.8 Å². The Bertz CT molecular complexity index is 711. The molecule has 6 heteroatoms. The fourth-order valence-electron chi connectivity index (χ4n) is 3.12. The van der Waals surface area contributed by atoms with Gasteiger partial charge in [0.2, 0.25) is 10.0 Å². The number of nitrogens with zero attached hydrogens (tertiary/aromatic N) is 2. The highest BCUT2D eigenvalue weighted by Crippen LogP contribution is 2.30. The highest BCUT2D eigenvalue weighted by molar-refractivity contribution is 7.93. The molecule has 1 aromatic rings. The summed E-state index contributed by atoms with van der Waals surface area (Å²) >= 11 is 0. The van der Waals surface area contributed by atoms with Gasteiger partial charge in [0.25, 0.3) is 5.91 Å². The van der Waals surface area contributed by atoms with Crippen molar-refractivity contribution in [3.05, 3.63) is 29.8 Å². The molecule has 3 rings (SSSR count). The van der Waals surface area contributed by atoms with Crippen molar-refractivity contribution in [1.29, 1.82) is 0 Å². The van der Waals surface area contributed by atoms with Crippen LogP contribution in [0.15, 0.2) is 24.3 Å². The highest BCUT2D eigenvalue weighted by Gasteiger charge is 2.33. The van der Waals surface area contributed by atoms with Crippen LogP contribution in [-0.4, -0.2) is 44.1 Å². The average Bonchev–Trinajstić information content (AvgIpc) is 3.30. The average molecular weight is 350 g/mol. The fourth-order valence-corrected chi connectivity index (χ4v) is 4.68. The van der Waals surface area contributed by atoms with E-state index in [2.05, 4.69) is 13.8 Å². The molecule has 1 amide bonds. The lowest BCUT2D eigenvalue weighted by molar-refractivity contribution is 0.0735. The molecule has 5 nitrogen and oxygen atoms in total. The summed E-state index contributed by atoms with van der Waals surface area (Å²) in [6, 6.07) is 7.43. The van der Waals surface area contributed by atoms with Crippen molar-refractivity contribution in [3.63, 3.8) is 0 Å². The second-order valence-electron chi connectivity index (χ2n) is 7.20. The van der Waals surface area contributed by atoms with Gasteiger partial charge < -0.3 is 4.90 Å². The Morgan fingerprint density at radius 2 is 2.08 bits per heavy atom. The van der Waals surface area contributed by atoms with Gasteiger partial charge in [0.05, 0.1) is 11.4 Å². The molecule has 0 spiro atoms. The van der Waals surface area contributed by atoms with Gasteiger partial charge in [-0.3, -0.25) is 9.10 Å². The Balaban J connectivity index is 1.80. The van der Waals surface area contributed by atoms with Crippen LogP contribution in [0.2, 0.25) is 0 Å². The van der Waals surface area contributed by atoms with Gasteiger partial charge in [-0.1, -0.05) is 19.9 Å². The van der Waals surface area contributed by atoms with E-state index in [0.717, 1.165) is 25.8 Å². The zero-order valence-corrected chi connectivity index (χ0v) is 15.3. The molecule has 0 unspecified atom stereocenters. The maximum absolute atomic E-state index is 12.9. The number of hydrogen-bond acceptors (Lipinski definition) is 3. The first kappa shape index (κ1) is 17.3. The zero-order valence-electron chi connectivity index (χ0n) is 14.4. The van der Waals surface area contributed by atoms with E-state index in [-0.39, 0.29) is 11.7 Å². The number of amides is 1. The summed E-state index contributed by atoms with van der Waals surface area (Å²) in [6.07, 6.45) is 3.78. The van der Waals surface area contributed by atoms with Crippen LogP contribution in [0.1, 0.15) is 49.9 Å². The van der Waals surface area contributed by atoms with Crippen LogP contribution in [0.5, 0.6) is 0 Å². The highest BCUT2D eigenvalue weighted by atomic mass is 32.2. The van der Waals surface area contributed by atoms with Crippen LogP contribution in [0, 0.1) is 5.92 Å². The van der Waals surface area contributed by atoms with Gasteiger partial charge in [0.1, 0.15) is 0 Å². The van der Waals surface area contributed by atoms with Crippen LogP contribution in [-0.2, 0) is 10.0 Å². The van der Waals surface area contributed by atoms with Crippen molar-refractivity contribution >= 4 is 21.6 Å². The molecule has 0 aromatic heterocycles. The largest absolute Gasteiger partial charge is 0.336 e. The smallest absolute Gasteiger partial charge is 0.254 e. The summed E-state index contributed by atoms with van der Waals surface area (Å²) in [5.41, 5.74) is 1.20. The Hall–Kier alpha value is -1.56. The lowest BCUT2D eigenvalue weighted by atomic mass is 10.1. The topological polar surface area (TPSA) is 57.7 Å². The standard InChI is InChI=1S/C18H26N2O3S/c1-14(2)9-11-19(16-7-8-16)18(21)15-5-3-6-17(13-15)20-10-4-12-24(20,22)23/h3,5-6,13-14,16H,4,7-12H2,1-2H3. The van der Waals surface area contributed by atoms with Crippen molar-refractivity contribution in [2.24, 2.45) is 5.92 Å². The summed E-state index contributed by atoms with van der Waals surface area (Å²) in [5.74, 6) is 0.769. The molecule has 1 saturated heterocycles. The molecule has 132 valence electrons. The van der Waals surface area contributed by atoms with Gasteiger partial charge in [0.15, 0.2) is 0 Å². The molecular weight excluding hydrogens is 324 g/mol. The number of anilines is 1. The van der Waals surface area contributed by atoms with Gasteiger partial charge in [-0.15, -0.1) is 0 Å². The van der Waals surface area contributed by atoms with E-state index in [4.69, 9.17) is 0 Å². The Kier molecular flexibility index (Phi) is 4.85. The van der Waals surface area contributed by atoms with Crippen molar-refractivity contribution in [1.82, 2.24) is 4.90 Å². The van der Waals surface area contributed by atoms with E-state index in [1.54, 1.807) is 24.3 Å². The minimum absolute atomic E-state index is 0.0246. The monoisotopic (exact) mass is 350 g/mol. The Labute approximate surface area is 144 Å². The number of rotatable bonds is 6. The second-order valence-corrected chi connectivity index (χ2v) is 9.22. The Morgan fingerprint density at radius 1 is 1.33 bits per heavy atom. The number of benzene rings is 1. The van der Waals surface area contributed by atoms with Crippen LogP contribution < -0.4 is 4.31 Å². The van der Waals surface area contributed by atoms with E-state index in [0.29, 0.717) is 36.2 Å². The zero-order chi connectivity index (χ0) is 17.3. The maximum Gasteiger partial charge on any atom is 0.254 e. The van der Waals surface area contributed by atoms with E-state index >= 15 is 0 Å². The first-order chi connectivity index (χ1) is 11.4. The molecule has 1 aliphatic carbocycles. The summed E-state index contributed by atoms with van der Waals surface area (Å²) in [7, 11) is -3.22. The van der Waals surface area contributed by atoms with E-state index < -0.39 is 10.0 Å². The maximum atomic E-state index is 12.9. The third-order valence-corrected chi connectivity index (χ3v) is 6.55. The summed E-state index contributed by atoms with van der Waals surface area (Å²) in [6.45, 7) is 5.59. The molecular formula is C18H26N2O3S. The molecule has 1 aromatic carbocycles. The summed E-state index contributed by atoms with van der Waals surface area (Å²) < 4.78 is 25.6. The van der Waals surface area contributed by atoms with E-state index in [1.807, 2.05) is 4.90 Å². The van der Waals surface area contributed by atoms with Crippen LogP contribution >= 0.6 is 0 Å². The summed E-state index contributed by atoms with van der Waals surface area (Å²) in [5, 5.41) is 0. The van der Waals surface area contributed by atoms with E-state index in [9.17, 15) is 13.2 Å². The minimum atomic E-state index is -3.22. The molecule has 0 radical (unpaired) electrons. The van der Waals surface area contributed by atoms with Crippen LogP contribution in [0.3, 0.4) is 0 Å². The molecule has 0 N–H and O–H groups in total. The van der Waals surface area contributed by atoms with Crippen molar-refractivity contribution in [2.45, 2.75) is 45.6 Å². The lowest BCUT2D eigenvalue weighted by Crippen LogP contribution is -2.34. The van der Waals surface area contributed by atoms with Crippen molar-refractivity contribution in [3.8, 4) is 0 Å².